The van der Waals surface area contributed by atoms with E-state index in [2.05, 4.69) is 26.8 Å². The third-order valence-corrected chi connectivity index (χ3v) is 3.43. The normalized spacial score (nSPS) is 10.9. The first-order chi connectivity index (χ1) is 9.54. The molecule has 2 heteroatoms. The fourth-order valence-corrected chi connectivity index (χ4v) is 1.87. The molecule has 0 atom stereocenters. The Balaban J connectivity index is 2.27. The van der Waals surface area contributed by atoms with Crippen LogP contribution in [0.4, 0.5) is 0 Å². The highest BCUT2D eigenvalue weighted by Gasteiger charge is 2.16. The van der Waals surface area contributed by atoms with Gasteiger partial charge in [0.05, 0.1) is 11.6 Å². The molecule has 102 valence electrons. The Bertz CT molecular complexity index is 621. The fraction of sp³-hybridized carbons (Fsp3) is 0.278. The molecule has 0 N–H and O–H groups in total. The van der Waals surface area contributed by atoms with Crippen LogP contribution in [0.3, 0.4) is 0 Å². The summed E-state index contributed by atoms with van der Waals surface area (Å²) in [5.74, 6) is 0.874. The second kappa shape index (κ2) is 5.79. The average molecular weight is 265 g/mol. The molecule has 0 bridgehead atoms. The Morgan fingerprint density at radius 3 is 2.35 bits per heavy atom. The topological polar surface area (TPSA) is 33.0 Å². The lowest BCUT2D eigenvalue weighted by atomic mass is 10.0. The number of hydrogen-bond donors (Lipinski definition) is 0. The van der Waals surface area contributed by atoms with Crippen molar-refractivity contribution < 1.29 is 4.74 Å². The van der Waals surface area contributed by atoms with Crippen molar-refractivity contribution in [2.45, 2.75) is 32.8 Å². The van der Waals surface area contributed by atoms with E-state index in [1.807, 2.05) is 48.5 Å². The zero-order valence-corrected chi connectivity index (χ0v) is 12.2. The van der Waals surface area contributed by atoms with E-state index in [-0.39, 0.29) is 5.60 Å². The van der Waals surface area contributed by atoms with Crippen molar-refractivity contribution in [3.63, 3.8) is 0 Å². The van der Waals surface area contributed by atoms with Crippen LogP contribution in [0.15, 0.2) is 48.5 Å². The maximum absolute atomic E-state index is 8.83. The lowest BCUT2D eigenvalue weighted by molar-refractivity contribution is 0.105. The Labute approximate surface area is 120 Å². The van der Waals surface area contributed by atoms with Crippen LogP contribution in [0.1, 0.15) is 32.8 Å². The SMILES string of the molecule is CCC(C)(C)Oc1cccc(-c2ccc(C#N)cc2)c1. The van der Waals surface area contributed by atoms with Crippen molar-refractivity contribution in [1.29, 1.82) is 5.26 Å². The van der Waals surface area contributed by atoms with Gasteiger partial charge in [0.1, 0.15) is 11.4 Å². The van der Waals surface area contributed by atoms with Crippen LogP contribution < -0.4 is 4.74 Å². The highest BCUT2D eigenvalue weighted by atomic mass is 16.5. The minimum Gasteiger partial charge on any atom is -0.488 e. The predicted octanol–water partition coefficient (Wildman–Crippen LogP) is 4.79. The van der Waals surface area contributed by atoms with Gasteiger partial charge in [-0.3, -0.25) is 0 Å². The number of benzene rings is 2. The Morgan fingerprint density at radius 2 is 1.75 bits per heavy atom. The van der Waals surface area contributed by atoms with Gasteiger partial charge in [-0.2, -0.15) is 5.26 Å². The van der Waals surface area contributed by atoms with E-state index in [0.717, 1.165) is 23.3 Å². The second-order valence-electron chi connectivity index (χ2n) is 5.43. The summed E-state index contributed by atoms with van der Waals surface area (Å²) in [5, 5.41) is 8.83. The van der Waals surface area contributed by atoms with Gasteiger partial charge in [0.2, 0.25) is 0 Å². The fourth-order valence-electron chi connectivity index (χ4n) is 1.87. The van der Waals surface area contributed by atoms with Gasteiger partial charge in [-0.25, -0.2) is 0 Å². The lowest BCUT2D eigenvalue weighted by Gasteiger charge is -2.25. The summed E-state index contributed by atoms with van der Waals surface area (Å²) >= 11 is 0. The van der Waals surface area contributed by atoms with Gasteiger partial charge >= 0.3 is 0 Å². The van der Waals surface area contributed by atoms with Crippen LogP contribution in [0.5, 0.6) is 5.75 Å². The molecular weight excluding hydrogens is 246 g/mol. The highest BCUT2D eigenvalue weighted by Crippen LogP contribution is 2.27. The molecular formula is C18H19NO. The Kier molecular flexibility index (Phi) is 4.10. The zero-order chi connectivity index (χ0) is 14.6. The van der Waals surface area contributed by atoms with E-state index in [9.17, 15) is 0 Å². The van der Waals surface area contributed by atoms with Crippen LogP contribution in [0.25, 0.3) is 11.1 Å². The Morgan fingerprint density at radius 1 is 1.05 bits per heavy atom. The summed E-state index contributed by atoms with van der Waals surface area (Å²) in [7, 11) is 0. The number of hydrogen-bond acceptors (Lipinski definition) is 2. The van der Waals surface area contributed by atoms with Crippen LogP contribution >= 0.6 is 0 Å². The van der Waals surface area contributed by atoms with Crippen LogP contribution in [-0.4, -0.2) is 5.60 Å². The molecule has 0 aliphatic heterocycles. The van der Waals surface area contributed by atoms with Crippen molar-refractivity contribution in [3.05, 3.63) is 54.1 Å². The van der Waals surface area contributed by atoms with Gasteiger partial charge < -0.3 is 4.74 Å². The first-order valence-corrected chi connectivity index (χ1v) is 6.84. The monoisotopic (exact) mass is 265 g/mol. The molecule has 0 saturated heterocycles. The Hall–Kier alpha value is -2.27. The van der Waals surface area contributed by atoms with E-state index in [1.54, 1.807) is 0 Å². The zero-order valence-electron chi connectivity index (χ0n) is 12.2. The molecule has 2 nitrogen and oxygen atoms in total. The first kappa shape index (κ1) is 14.1. The first-order valence-electron chi connectivity index (χ1n) is 6.84. The number of rotatable bonds is 4. The van der Waals surface area contributed by atoms with E-state index in [0.29, 0.717) is 5.56 Å². The van der Waals surface area contributed by atoms with Crippen LogP contribution in [0, 0.1) is 11.3 Å². The number of ether oxygens (including phenoxy) is 1. The van der Waals surface area contributed by atoms with Gasteiger partial charge in [-0.1, -0.05) is 31.2 Å². The molecule has 2 rings (SSSR count). The molecule has 0 aromatic heterocycles. The molecule has 0 aliphatic carbocycles. The summed E-state index contributed by atoms with van der Waals surface area (Å²) in [4.78, 5) is 0. The molecule has 0 aliphatic rings. The largest absolute Gasteiger partial charge is 0.488 e. The van der Waals surface area contributed by atoms with Gasteiger partial charge in [-0.15, -0.1) is 0 Å². The van der Waals surface area contributed by atoms with Crippen molar-refractivity contribution in [2.24, 2.45) is 0 Å². The van der Waals surface area contributed by atoms with Gasteiger partial charge in [0.15, 0.2) is 0 Å². The molecule has 0 spiro atoms. The van der Waals surface area contributed by atoms with E-state index in [1.165, 1.54) is 0 Å². The molecule has 0 fully saturated rings. The predicted molar refractivity (Wildman–Crippen MR) is 81.6 cm³/mol. The maximum atomic E-state index is 8.83. The molecule has 0 radical (unpaired) electrons. The van der Waals surface area contributed by atoms with E-state index >= 15 is 0 Å². The average Bonchev–Trinajstić information content (AvgIpc) is 2.47. The summed E-state index contributed by atoms with van der Waals surface area (Å²) in [6, 6.07) is 17.8. The van der Waals surface area contributed by atoms with Crippen molar-refractivity contribution >= 4 is 0 Å². The molecule has 0 heterocycles. The molecule has 0 saturated carbocycles. The van der Waals surface area contributed by atoms with Gasteiger partial charge in [-0.05, 0) is 55.7 Å². The standard InChI is InChI=1S/C18H19NO/c1-4-18(2,3)20-17-7-5-6-16(12-17)15-10-8-14(13-19)9-11-15/h5-12H,4H2,1-3H3. The third kappa shape index (κ3) is 3.39. The highest BCUT2D eigenvalue weighted by molar-refractivity contribution is 5.65. The van der Waals surface area contributed by atoms with Gasteiger partial charge in [0, 0.05) is 0 Å². The summed E-state index contributed by atoms with van der Waals surface area (Å²) in [6.45, 7) is 6.28. The van der Waals surface area contributed by atoms with Crippen molar-refractivity contribution in [2.75, 3.05) is 0 Å². The van der Waals surface area contributed by atoms with Crippen LogP contribution in [0.2, 0.25) is 0 Å². The molecule has 20 heavy (non-hydrogen) atoms. The van der Waals surface area contributed by atoms with Crippen molar-refractivity contribution in [3.8, 4) is 22.9 Å². The van der Waals surface area contributed by atoms with Crippen LogP contribution in [-0.2, 0) is 0 Å². The van der Waals surface area contributed by atoms with E-state index < -0.39 is 0 Å². The number of nitrogens with zero attached hydrogens (tertiary/aromatic N) is 1. The lowest BCUT2D eigenvalue weighted by Crippen LogP contribution is -2.26. The molecule has 2 aromatic rings. The summed E-state index contributed by atoms with van der Waals surface area (Å²) < 4.78 is 6.01. The molecule has 0 unspecified atom stereocenters. The van der Waals surface area contributed by atoms with Crippen molar-refractivity contribution in [1.82, 2.24) is 0 Å². The molecule has 2 aromatic carbocycles. The number of nitriles is 1. The second-order valence-corrected chi connectivity index (χ2v) is 5.43. The summed E-state index contributed by atoms with van der Waals surface area (Å²) in [6.07, 6.45) is 0.952. The smallest absolute Gasteiger partial charge is 0.120 e. The maximum Gasteiger partial charge on any atom is 0.120 e. The molecule has 0 amide bonds. The minimum atomic E-state index is -0.163. The van der Waals surface area contributed by atoms with Gasteiger partial charge in [0.25, 0.3) is 0 Å². The minimum absolute atomic E-state index is 0.163. The quantitative estimate of drug-likeness (QED) is 0.796. The van der Waals surface area contributed by atoms with E-state index in [4.69, 9.17) is 10.00 Å². The third-order valence-electron chi connectivity index (χ3n) is 3.43. The summed E-state index contributed by atoms with van der Waals surface area (Å²) in [5.41, 5.74) is 2.69.